The van der Waals surface area contributed by atoms with E-state index >= 15 is 0 Å². The van der Waals surface area contributed by atoms with Gasteiger partial charge in [0.2, 0.25) is 5.91 Å². The third-order valence-corrected chi connectivity index (χ3v) is 1.32. The molecule has 1 amide bonds. The molecule has 0 radical (unpaired) electrons. The summed E-state index contributed by atoms with van der Waals surface area (Å²) in [5.74, 6) is -0.0230. The lowest BCUT2D eigenvalue weighted by atomic mass is 10.1. The van der Waals surface area contributed by atoms with E-state index in [0.29, 0.717) is 6.54 Å². The van der Waals surface area contributed by atoms with Crippen LogP contribution in [0.4, 0.5) is 0 Å². The maximum Gasteiger partial charge on any atom is 0.216 e. The summed E-state index contributed by atoms with van der Waals surface area (Å²) in [5, 5.41) is 2.67. The fraction of sp³-hybridized carbons (Fsp3) is 0.857. The van der Waals surface area contributed by atoms with Gasteiger partial charge in [0.05, 0.1) is 5.60 Å². The van der Waals surface area contributed by atoms with Crippen molar-refractivity contribution in [1.29, 1.82) is 0 Å². The van der Waals surface area contributed by atoms with Gasteiger partial charge in [0.1, 0.15) is 0 Å². The van der Waals surface area contributed by atoms with Crippen LogP contribution in [0.5, 0.6) is 0 Å². The van der Waals surface area contributed by atoms with Crippen molar-refractivity contribution in [3.63, 3.8) is 0 Å². The molecule has 0 aromatic heterocycles. The summed E-state index contributed by atoms with van der Waals surface area (Å²) in [6, 6.07) is 0. The monoisotopic (exact) mass is 145 g/mol. The normalized spacial score (nSPS) is 11.2. The molecule has 3 heteroatoms. The Morgan fingerprint density at radius 1 is 1.60 bits per heavy atom. The topological polar surface area (TPSA) is 38.3 Å². The Hall–Kier alpha value is -0.570. The molecular weight excluding hydrogens is 130 g/mol. The maximum atomic E-state index is 10.4. The van der Waals surface area contributed by atoms with Crippen molar-refractivity contribution >= 4 is 5.91 Å². The minimum absolute atomic E-state index is 0.0230. The van der Waals surface area contributed by atoms with Crippen molar-refractivity contribution in [1.82, 2.24) is 5.32 Å². The van der Waals surface area contributed by atoms with Crippen LogP contribution < -0.4 is 5.32 Å². The Labute approximate surface area is 61.8 Å². The lowest BCUT2D eigenvalue weighted by Crippen LogP contribution is -2.38. The number of nitrogens with one attached hydrogen (secondary N) is 1. The van der Waals surface area contributed by atoms with Crippen molar-refractivity contribution < 1.29 is 9.53 Å². The van der Waals surface area contributed by atoms with Crippen LogP contribution in [0, 0.1) is 0 Å². The predicted octanol–water partition coefficient (Wildman–Crippen LogP) is 0.547. The molecule has 10 heavy (non-hydrogen) atoms. The van der Waals surface area contributed by atoms with Crippen LogP contribution in [-0.4, -0.2) is 25.2 Å². The molecule has 0 aliphatic carbocycles. The van der Waals surface area contributed by atoms with Crippen molar-refractivity contribution in [2.75, 3.05) is 13.7 Å². The molecule has 0 fully saturated rings. The van der Waals surface area contributed by atoms with Gasteiger partial charge in [-0.1, -0.05) is 0 Å². The quantitative estimate of drug-likeness (QED) is 0.629. The lowest BCUT2D eigenvalue weighted by Gasteiger charge is -2.22. The Morgan fingerprint density at radius 2 is 2.10 bits per heavy atom. The van der Waals surface area contributed by atoms with Crippen LogP contribution in [0.3, 0.4) is 0 Å². The first-order valence-corrected chi connectivity index (χ1v) is 3.27. The SMILES string of the molecule is COC(C)(C)CNC(C)=O. The highest BCUT2D eigenvalue weighted by Crippen LogP contribution is 2.03. The highest BCUT2D eigenvalue weighted by atomic mass is 16.5. The summed E-state index contributed by atoms with van der Waals surface area (Å²) in [5.41, 5.74) is -0.258. The third kappa shape index (κ3) is 4.32. The van der Waals surface area contributed by atoms with Gasteiger partial charge in [-0.15, -0.1) is 0 Å². The van der Waals surface area contributed by atoms with Gasteiger partial charge in [-0.05, 0) is 13.8 Å². The first-order valence-electron chi connectivity index (χ1n) is 3.27. The molecule has 0 unspecified atom stereocenters. The van der Waals surface area contributed by atoms with Gasteiger partial charge in [0.25, 0.3) is 0 Å². The van der Waals surface area contributed by atoms with Crippen LogP contribution in [0.2, 0.25) is 0 Å². The summed E-state index contributed by atoms with van der Waals surface area (Å²) < 4.78 is 5.07. The molecule has 0 spiro atoms. The van der Waals surface area contributed by atoms with E-state index in [1.54, 1.807) is 7.11 Å². The van der Waals surface area contributed by atoms with Crippen LogP contribution in [0.1, 0.15) is 20.8 Å². The number of ether oxygens (including phenoxy) is 1. The molecular formula is C7H15NO2. The van der Waals surface area contributed by atoms with Gasteiger partial charge in [0.15, 0.2) is 0 Å². The number of carbonyl (C=O) groups is 1. The molecule has 0 rings (SSSR count). The Kier molecular flexibility index (Phi) is 3.36. The van der Waals surface area contributed by atoms with Gasteiger partial charge in [-0.3, -0.25) is 4.79 Å². The van der Waals surface area contributed by atoms with Gasteiger partial charge in [-0.25, -0.2) is 0 Å². The number of rotatable bonds is 3. The van der Waals surface area contributed by atoms with E-state index in [1.165, 1.54) is 6.92 Å². The number of hydrogen-bond donors (Lipinski definition) is 1. The van der Waals surface area contributed by atoms with Gasteiger partial charge >= 0.3 is 0 Å². The van der Waals surface area contributed by atoms with Crippen molar-refractivity contribution in [3.8, 4) is 0 Å². The molecule has 0 saturated carbocycles. The fourth-order valence-electron chi connectivity index (χ4n) is 0.410. The minimum atomic E-state index is -0.258. The number of hydrogen-bond acceptors (Lipinski definition) is 2. The van der Waals surface area contributed by atoms with E-state index in [-0.39, 0.29) is 11.5 Å². The number of amides is 1. The summed E-state index contributed by atoms with van der Waals surface area (Å²) >= 11 is 0. The fourth-order valence-corrected chi connectivity index (χ4v) is 0.410. The van der Waals surface area contributed by atoms with E-state index in [4.69, 9.17) is 4.74 Å². The van der Waals surface area contributed by atoms with Crippen LogP contribution in [-0.2, 0) is 9.53 Å². The van der Waals surface area contributed by atoms with E-state index in [9.17, 15) is 4.79 Å². The van der Waals surface area contributed by atoms with Crippen LogP contribution >= 0.6 is 0 Å². The smallest absolute Gasteiger partial charge is 0.216 e. The second kappa shape index (κ2) is 3.56. The summed E-state index contributed by atoms with van der Waals surface area (Å²) in [7, 11) is 1.63. The largest absolute Gasteiger partial charge is 0.377 e. The Bertz CT molecular complexity index is 121. The van der Waals surface area contributed by atoms with Gasteiger partial charge in [-0.2, -0.15) is 0 Å². The second-order valence-electron chi connectivity index (χ2n) is 2.87. The molecule has 0 atom stereocenters. The predicted molar refractivity (Wildman–Crippen MR) is 39.8 cm³/mol. The Morgan fingerprint density at radius 3 is 2.40 bits per heavy atom. The van der Waals surface area contributed by atoms with Gasteiger partial charge in [0, 0.05) is 20.6 Å². The highest BCUT2D eigenvalue weighted by Gasteiger charge is 2.15. The average Bonchev–Trinajstić information content (AvgIpc) is 1.85. The summed E-state index contributed by atoms with van der Waals surface area (Å²) in [6.45, 7) is 5.89. The zero-order chi connectivity index (χ0) is 8.20. The third-order valence-electron chi connectivity index (χ3n) is 1.32. The van der Waals surface area contributed by atoms with Crippen LogP contribution in [0.25, 0.3) is 0 Å². The van der Waals surface area contributed by atoms with E-state index in [2.05, 4.69) is 5.32 Å². The Balaban J connectivity index is 3.56. The summed E-state index contributed by atoms with van der Waals surface area (Å²) in [6.07, 6.45) is 0. The molecule has 1 N–H and O–H groups in total. The molecule has 60 valence electrons. The van der Waals surface area contributed by atoms with E-state index < -0.39 is 0 Å². The molecule has 3 nitrogen and oxygen atoms in total. The molecule has 0 bridgehead atoms. The van der Waals surface area contributed by atoms with E-state index in [0.717, 1.165) is 0 Å². The standard InChI is InChI=1S/C7H15NO2/c1-6(9)8-5-7(2,3)10-4/h5H2,1-4H3,(H,8,9). The second-order valence-corrected chi connectivity index (χ2v) is 2.87. The van der Waals surface area contributed by atoms with Crippen LogP contribution in [0.15, 0.2) is 0 Å². The number of methoxy groups -OCH3 is 1. The molecule has 0 heterocycles. The van der Waals surface area contributed by atoms with Gasteiger partial charge < -0.3 is 10.1 Å². The molecule has 0 aromatic carbocycles. The van der Waals surface area contributed by atoms with Crippen molar-refractivity contribution in [2.45, 2.75) is 26.4 Å². The van der Waals surface area contributed by atoms with Crippen molar-refractivity contribution in [3.05, 3.63) is 0 Å². The first-order chi connectivity index (χ1) is 4.48. The zero-order valence-corrected chi connectivity index (χ0v) is 7.02. The molecule has 0 saturated heterocycles. The lowest BCUT2D eigenvalue weighted by molar-refractivity contribution is -0.120. The number of carbonyl (C=O) groups excluding carboxylic acids is 1. The first kappa shape index (κ1) is 9.43. The van der Waals surface area contributed by atoms with Crippen molar-refractivity contribution in [2.24, 2.45) is 0 Å². The highest BCUT2D eigenvalue weighted by molar-refractivity contribution is 5.72. The molecule has 0 aliphatic heterocycles. The van der Waals surface area contributed by atoms with E-state index in [1.807, 2.05) is 13.8 Å². The zero-order valence-electron chi connectivity index (χ0n) is 7.02. The average molecular weight is 145 g/mol. The maximum absolute atomic E-state index is 10.4. The summed E-state index contributed by atoms with van der Waals surface area (Å²) in [4.78, 5) is 10.4. The minimum Gasteiger partial charge on any atom is -0.377 e. The molecule has 0 aromatic rings. The molecule has 0 aliphatic rings.